The zero-order chi connectivity index (χ0) is 25.9. The van der Waals surface area contributed by atoms with Gasteiger partial charge in [-0.25, -0.2) is 4.21 Å². The number of thiophene rings is 1. The molecule has 2 aromatic carbocycles. The molecule has 0 radical (unpaired) electrons. The van der Waals surface area contributed by atoms with E-state index in [1.807, 2.05) is 24.3 Å². The Balaban J connectivity index is 0.00000176. The highest BCUT2D eigenvalue weighted by molar-refractivity contribution is 8.02. The lowest BCUT2D eigenvalue weighted by Gasteiger charge is -2.29. The monoisotopic (exact) mass is 568 g/mol. The minimum Gasteiger partial charge on any atom is -0.385 e. The van der Waals surface area contributed by atoms with Crippen LogP contribution in [0.25, 0.3) is 0 Å². The summed E-state index contributed by atoms with van der Waals surface area (Å²) in [7, 11) is 0. The highest BCUT2D eigenvalue weighted by Gasteiger charge is 2.24. The van der Waals surface area contributed by atoms with Crippen molar-refractivity contribution in [3.05, 3.63) is 98.2 Å². The summed E-state index contributed by atoms with van der Waals surface area (Å²) >= 11 is 7.45. The highest BCUT2D eigenvalue weighted by atomic mass is 35.5. The van der Waals surface area contributed by atoms with Crippen molar-refractivity contribution in [1.29, 1.82) is 0 Å². The van der Waals surface area contributed by atoms with Crippen LogP contribution in [0.2, 0.25) is 5.02 Å². The van der Waals surface area contributed by atoms with E-state index >= 15 is 0 Å². The molecule has 4 rings (SSSR count). The Morgan fingerprint density at radius 2 is 1.94 bits per heavy atom. The topological polar surface area (TPSA) is 134 Å². The van der Waals surface area contributed by atoms with Crippen LogP contribution in [-0.2, 0) is 28.9 Å². The molecule has 2 heterocycles. The maximum Gasteiger partial charge on any atom is 0.259 e. The van der Waals surface area contributed by atoms with Gasteiger partial charge in [-0.15, -0.1) is 28.4 Å². The molecule has 0 bridgehead atoms. The standard InChI is InChI=1S/C24H24ClN3O3S3.H2O2/c25-18-4-1-3-17(11-18)13-24(29)27-20(12-16-6-8-19(9-7-16)28-34(30)31)21-15-33-23(14-26-21)22-5-2-10-32-22;1-2/h1-11,15,20,23,26,28H,12-14H2,(H,27,29)(H,30,31);1-2H/p+1/t20-,23?;/m0./s1. The van der Waals surface area contributed by atoms with Crippen LogP contribution in [-0.4, -0.2) is 37.8 Å². The molecular weight excluding hydrogens is 542 g/mol. The first-order valence-electron chi connectivity index (χ1n) is 10.8. The van der Waals surface area contributed by atoms with Crippen molar-refractivity contribution in [3.63, 3.8) is 0 Å². The van der Waals surface area contributed by atoms with Gasteiger partial charge in [-0.05, 0) is 58.7 Å². The second-order valence-corrected chi connectivity index (χ2v) is 11.0. The molecule has 1 aromatic heterocycles. The molecule has 0 aliphatic carbocycles. The first-order valence-corrected chi connectivity index (χ1v) is 14.1. The summed E-state index contributed by atoms with van der Waals surface area (Å²) in [4.78, 5) is 14.2. The van der Waals surface area contributed by atoms with E-state index < -0.39 is 11.3 Å². The number of anilines is 1. The van der Waals surface area contributed by atoms with E-state index in [0.717, 1.165) is 23.4 Å². The van der Waals surface area contributed by atoms with Gasteiger partial charge in [0.05, 0.1) is 17.7 Å². The summed E-state index contributed by atoms with van der Waals surface area (Å²) in [5.41, 5.74) is 3.37. The van der Waals surface area contributed by atoms with Crippen molar-refractivity contribution >= 4 is 57.6 Å². The lowest BCUT2D eigenvalue weighted by atomic mass is 10.0. The van der Waals surface area contributed by atoms with Crippen LogP contribution in [0.4, 0.5) is 5.69 Å². The van der Waals surface area contributed by atoms with Crippen LogP contribution < -0.4 is 15.4 Å². The van der Waals surface area contributed by atoms with E-state index in [9.17, 15) is 9.00 Å². The van der Waals surface area contributed by atoms with Crippen LogP contribution >= 0.6 is 34.7 Å². The van der Waals surface area contributed by atoms with Gasteiger partial charge in [0.1, 0.15) is 0 Å². The van der Waals surface area contributed by atoms with Crippen LogP contribution in [0.5, 0.6) is 0 Å². The molecular formula is C24H27ClN3O5S3+. The molecule has 7 N–H and O–H groups in total. The van der Waals surface area contributed by atoms with Gasteiger partial charge in [0.25, 0.3) is 11.3 Å². The largest absolute Gasteiger partial charge is 0.385 e. The number of hydrogen-bond acceptors (Lipinski definition) is 6. The predicted molar refractivity (Wildman–Crippen MR) is 149 cm³/mol. The SMILES string of the molecule is O=C(Cc1cccc(Cl)c1)N[C@@H](Cc1ccc(NS(=O)O)cc1)C1=CSC(c2cccs2)CN1.O[OH2+]. The molecule has 0 saturated heterocycles. The Morgan fingerprint density at radius 1 is 1.17 bits per heavy atom. The van der Waals surface area contributed by atoms with Crippen LogP contribution in [0.1, 0.15) is 21.3 Å². The van der Waals surface area contributed by atoms with Crippen molar-refractivity contribution < 1.29 is 24.1 Å². The van der Waals surface area contributed by atoms with Gasteiger partial charge in [-0.3, -0.25) is 19.3 Å². The fourth-order valence-electron chi connectivity index (χ4n) is 3.67. The van der Waals surface area contributed by atoms with Crippen LogP contribution in [0.15, 0.2) is 77.1 Å². The van der Waals surface area contributed by atoms with Gasteiger partial charge in [0.15, 0.2) is 0 Å². The van der Waals surface area contributed by atoms with E-state index in [-0.39, 0.29) is 18.4 Å². The van der Waals surface area contributed by atoms with Crippen molar-refractivity contribution in [1.82, 2.24) is 10.6 Å². The fraction of sp³-hybridized carbons (Fsp3) is 0.208. The Morgan fingerprint density at radius 3 is 2.56 bits per heavy atom. The van der Waals surface area contributed by atoms with E-state index in [0.29, 0.717) is 22.4 Å². The fourth-order valence-corrected chi connectivity index (χ4v) is 6.21. The summed E-state index contributed by atoms with van der Waals surface area (Å²) in [6.07, 6.45) is 0.813. The Kier molecular flexibility index (Phi) is 11.3. The average molecular weight is 569 g/mol. The van der Waals surface area contributed by atoms with Crippen molar-refractivity contribution in [2.75, 3.05) is 11.3 Å². The second-order valence-electron chi connectivity index (χ2n) is 7.77. The third kappa shape index (κ3) is 8.63. The molecule has 8 nitrogen and oxygen atoms in total. The Bertz CT molecular complexity index is 1180. The summed E-state index contributed by atoms with van der Waals surface area (Å²) in [5, 5.41) is 22.8. The number of hydrogen-bond donors (Lipinski definition) is 5. The molecule has 192 valence electrons. The van der Waals surface area contributed by atoms with Gasteiger partial charge >= 0.3 is 0 Å². The molecule has 2 unspecified atom stereocenters. The summed E-state index contributed by atoms with van der Waals surface area (Å²) < 4.78 is 22.4. The molecule has 1 aliphatic heterocycles. The average Bonchev–Trinajstić information content (AvgIpc) is 3.41. The van der Waals surface area contributed by atoms with Gasteiger partial charge in [-0.1, -0.05) is 41.9 Å². The Labute approximate surface area is 225 Å². The molecule has 1 amide bonds. The van der Waals surface area contributed by atoms with Crippen LogP contribution in [0, 0.1) is 0 Å². The van der Waals surface area contributed by atoms with Gasteiger partial charge in [0.2, 0.25) is 5.91 Å². The molecule has 36 heavy (non-hydrogen) atoms. The first kappa shape index (κ1) is 28.2. The normalized spacial score (nSPS) is 16.4. The third-order valence-electron chi connectivity index (χ3n) is 5.27. The molecule has 0 spiro atoms. The maximum atomic E-state index is 12.9. The van der Waals surface area contributed by atoms with Gasteiger partial charge in [0, 0.05) is 27.8 Å². The zero-order valence-electron chi connectivity index (χ0n) is 19.0. The second kappa shape index (κ2) is 14.4. The maximum absolute atomic E-state index is 12.9. The van der Waals surface area contributed by atoms with E-state index in [2.05, 4.69) is 38.3 Å². The first-order chi connectivity index (χ1) is 17.5. The number of amides is 1. The quantitative estimate of drug-likeness (QED) is 0.113. The number of rotatable bonds is 9. The minimum atomic E-state index is -2.12. The smallest absolute Gasteiger partial charge is 0.259 e. The van der Waals surface area contributed by atoms with E-state index in [1.165, 1.54) is 4.88 Å². The number of benzene rings is 2. The van der Waals surface area contributed by atoms with Gasteiger partial charge < -0.3 is 10.6 Å². The molecule has 1 aliphatic rings. The van der Waals surface area contributed by atoms with Crippen molar-refractivity contribution in [2.45, 2.75) is 24.1 Å². The minimum absolute atomic E-state index is 0.0886. The number of carbonyl (C=O) groups is 1. The number of carbonyl (C=O) groups excluding carboxylic acids is 1. The number of nitrogens with one attached hydrogen (secondary N) is 3. The zero-order valence-corrected chi connectivity index (χ0v) is 22.2. The lowest BCUT2D eigenvalue weighted by molar-refractivity contribution is -0.176. The Hall–Kier alpha value is -2.38. The predicted octanol–water partition coefficient (Wildman–Crippen LogP) is 4.32. The van der Waals surface area contributed by atoms with Crippen LogP contribution in [0.3, 0.4) is 0 Å². The molecule has 0 saturated carbocycles. The lowest BCUT2D eigenvalue weighted by Crippen LogP contribution is -2.43. The molecule has 0 fully saturated rings. The number of halogens is 1. The van der Waals surface area contributed by atoms with E-state index in [1.54, 1.807) is 47.4 Å². The third-order valence-corrected chi connectivity index (χ3v) is 8.19. The number of thioether (sulfide) groups is 1. The summed E-state index contributed by atoms with van der Waals surface area (Å²) in [6, 6.07) is 18.5. The molecule has 12 heteroatoms. The van der Waals surface area contributed by atoms with Gasteiger partial charge in [-0.2, -0.15) is 0 Å². The molecule has 3 aromatic rings. The summed E-state index contributed by atoms with van der Waals surface area (Å²) in [6.45, 7) is 0.781. The molecule has 3 atom stereocenters. The van der Waals surface area contributed by atoms with Crippen molar-refractivity contribution in [3.8, 4) is 0 Å². The summed E-state index contributed by atoms with van der Waals surface area (Å²) in [5.74, 6) is -0.0886. The van der Waals surface area contributed by atoms with E-state index in [4.69, 9.17) is 26.7 Å². The highest BCUT2D eigenvalue weighted by Crippen LogP contribution is 2.36. The van der Waals surface area contributed by atoms with Crippen molar-refractivity contribution in [2.24, 2.45) is 0 Å².